The molecule has 0 saturated heterocycles. The van der Waals surface area contributed by atoms with Crippen LogP contribution in [0.25, 0.3) is 11.8 Å². The number of hydrogen-bond donors (Lipinski definition) is 0. The Balaban J connectivity index is 1.40. The Bertz CT molecular complexity index is 2050. The van der Waals surface area contributed by atoms with Crippen molar-refractivity contribution in [3.8, 4) is 11.5 Å². The molecule has 0 aliphatic carbocycles. The third-order valence-electron chi connectivity index (χ3n) is 6.70. The average molecular weight is 611 g/mol. The lowest BCUT2D eigenvalue weighted by Crippen LogP contribution is -2.40. The topological polar surface area (TPSA) is 118 Å². The highest BCUT2D eigenvalue weighted by Crippen LogP contribution is 2.40. The SMILES string of the molecule is CCOC(=O)C1=C(c2ccccc2)N=c2s/c(=C/c3ccc(Sc4ncccn4)o3)c(=O)n2[C@H]1c1ccc2c(c1)OCO2. The number of nitrogens with zero attached hydrogens (tertiary/aromatic N) is 4. The lowest BCUT2D eigenvalue weighted by atomic mass is 9.93. The minimum atomic E-state index is -0.833. The number of thiazole rings is 1. The Morgan fingerprint density at radius 3 is 2.70 bits per heavy atom. The summed E-state index contributed by atoms with van der Waals surface area (Å²) >= 11 is 2.49. The van der Waals surface area contributed by atoms with Crippen molar-refractivity contribution in [3.63, 3.8) is 0 Å². The Morgan fingerprint density at radius 2 is 1.88 bits per heavy atom. The Morgan fingerprint density at radius 1 is 1.07 bits per heavy atom. The third-order valence-corrected chi connectivity index (χ3v) is 8.49. The maximum Gasteiger partial charge on any atom is 0.338 e. The molecule has 0 fully saturated rings. The highest BCUT2D eigenvalue weighted by molar-refractivity contribution is 7.99. The monoisotopic (exact) mass is 610 g/mol. The summed E-state index contributed by atoms with van der Waals surface area (Å²) in [6.45, 7) is 2.00. The summed E-state index contributed by atoms with van der Waals surface area (Å²) in [7, 11) is 0. The van der Waals surface area contributed by atoms with E-state index in [4.69, 9.17) is 23.6 Å². The van der Waals surface area contributed by atoms with Crippen LogP contribution in [-0.2, 0) is 9.53 Å². The third kappa shape index (κ3) is 5.15. The van der Waals surface area contributed by atoms with Gasteiger partial charge >= 0.3 is 5.97 Å². The van der Waals surface area contributed by atoms with E-state index >= 15 is 0 Å². The molecule has 0 saturated carbocycles. The molecule has 12 heteroatoms. The summed E-state index contributed by atoms with van der Waals surface area (Å²) in [6, 6.07) is 19.3. The second-order valence-electron chi connectivity index (χ2n) is 9.33. The first-order valence-corrected chi connectivity index (χ1v) is 14.9. The van der Waals surface area contributed by atoms with Gasteiger partial charge in [-0.15, -0.1) is 0 Å². The van der Waals surface area contributed by atoms with Gasteiger partial charge in [-0.2, -0.15) is 0 Å². The first-order valence-electron chi connectivity index (χ1n) is 13.3. The standard InChI is InChI=1S/C31H22N4O6S2/c1-2-38-29(37)25-26(18-7-4-3-5-8-18)34-31-35(27(25)19-9-11-21-22(15-19)40-17-39-21)28(36)23(42-31)16-20-10-12-24(41-20)43-30-32-13-6-14-33-30/h3-16,27H,2,17H2,1H3/b23-16+/t27-/m0/s1. The van der Waals surface area contributed by atoms with Gasteiger partial charge in [0.25, 0.3) is 5.56 Å². The molecular weight excluding hydrogens is 588 g/mol. The normalized spacial score (nSPS) is 15.7. The Labute approximate surface area is 252 Å². The zero-order valence-corrected chi connectivity index (χ0v) is 24.3. The van der Waals surface area contributed by atoms with Gasteiger partial charge in [0.1, 0.15) is 5.76 Å². The summed E-state index contributed by atoms with van der Waals surface area (Å²) in [6.07, 6.45) is 4.99. The van der Waals surface area contributed by atoms with E-state index in [1.54, 1.807) is 55.7 Å². The van der Waals surface area contributed by atoms with Gasteiger partial charge in [0.15, 0.2) is 26.5 Å². The van der Waals surface area contributed by atoms with Crippen molar-refractivity contribution in [1.82, 2.24) is 14.5 Å². The van der Waals surface area contributed by atoms with Crippen LogP contribution in [0, 0.1) is 0 Å². The van der Waals surface area contributed by atoms with Crippen LogP contribution < -0.4 is 24.4 Å². The first kappa shape index (κ1) is 26.9. The molecule has 10 nitrogen and oxygen atoms in total. The van der Waals surface area contributed by atoms with E-state index in [1.165, 1.54) is 27.7 Å². The van der Waals surface area contributed by atoms with Crippen LogP contribution in [0.1, 0.15) is 29.9 Å². The maximum absolute atomic E-state index is 14.1. The number of carbonyl (C=O) groups excluding carboxylic acids is 1. The van der Waals surface area contributed by atoms with Gasteiger partial charge in [0.2, 0.25) is 6.79 Å². The number of fused-ring (bicyclic) bond motifs is 2. The molecule has 0 radical (unpaired) electrons. The Kier molecular flexibility index (Phi) is 7.13. The highest BCUT2D eigenvalue weighted by atomic mass is 32.2. The van der Waals surface area contributed by atoms with Gasteiger partial charge < -0.3 is 18.6 Å². The number of carbonyl (C=O) groups is 1. The minimum Gasteiger partial charge on any atom is -0.463 e. The van der Waals surface area contributed by atoms with Crippen molar-refractivity contribution in [2.24, 2.45) is 4.99 Å². The van der Waals surface area contributed by atoms with Crippen LogP contribution >= 0.6 is 23.1 Å². The smallest absolute Gasteiger partial charge is 0.338 e. The molecule has 0 N–H and O–H groups in total. The molecule has 2 aliphatic heterocycles. The molecule has 5 aromatic rings. The molecule has 2 aliphatic rings. The van der Waals surface area contributed by atoms with Gasteiger partial charge in [-0.05, 0) is 54.6 Å². The van der Waals surface area contributed by atoms with Crippen molar-refractivity contribution in [2.75, 3.05) is 13.4 Å². The number of aromatic nitrogens is 3. The number of rotatable bonds is 7. The summed E-state index contributed by atoms with van der Waals surface area (Å²) in [5, 5.41) is 1.13. The first-order chi connectivity index (χ1) is 21.1. The lowest BCUT2D eigenvalue weighted by Gasteiger charge is -2.26. The molecular formula is C31H22N4O6S2. The maximum atomic E-state index is 14.1. The average Bonchev–Trinajstić information content (AvgIpc) is 3.76. The van der Waals surface area contributed by atoms with Gasteiger partial charge in [0, 0.05) is 24.0 Å². The van der Waals surface area contributed by atoms with Crippen molar-refractivity contribution in [1.29, 1.82) is 0 Å². The fraction of sp³-hybridized carbons (Fsp3) is 0.129. The molecule has 2 aromatic carbocycles. The summed E-state index contributed by atoms with van der Waals surface area (Å²) in [5.41, 5.74) is 1.75. The molecule has 0 unspecified atom stereocenters. The van der Waals surface area contributed by atoms with E-state index in [1.807, 2.05) is 36.4 Å². The lowest BCUT2D eigenvalue weighted by molar-refractivity contribution is -0.138. The fourth-order valence-electron chi connectivity index (χ4n) is 4.86. The molecule has 214 valence electrons. The highest BCUT2D eigenvalue weighted by Gasteiger charge is 2.36. The molecule has 3 aromatic heterocycles. The van der Waals surface area contributed by atoms with Crippen molar-refractivity contribution in [2.45, 2.75) is 23.2 Å². The van der Waals surface area contributed by atoms with Crippen LogP contribution in [-0.4, -0.2) is 33.9 Å². The molecule has 43 heavy (non-hydrogen) atoms. The zero-order chi connectivity index (χ0) is 29.3. The van der Waals surface area contributed by atoms with E-state index in [0.29, 0.717) is 48.1 Å². The quantitative estimate of drug-likeness (QED) is 0.197. The van der Waals surface area contributed by atoms with Gasteiger partial charge in [0.05, 0.1) is 28.5 Å². The molecule has 1 atom stereocenters. The van der Waals surface area contributed by atoms with Crippen LogP contribution in [0.15, 0.2) is 109 Å². The van der Waals surface area contributed by atoms with Crippen molar-refractivity contribution in [3.05, 3.63) is 121 Å². The van der Waals surface area contributed by atoms with Gasteiger partial charge in [-0.1, -0.05) is 47.7 Å². The van der Waals surface area contributed by atoms with Gasteiger partial charge in [-0.25, -0.2) is 19.8 Å². The number of furan rings is 1. The van der Waals surface area contributed by atoms with E-state index in [9.17, 15) is 9.59 Å². The number of esters is 1. The van der Waals surface area contributed by atoms with E-state index < -0.39 is 12.0 Å². The largest absolute Gasteiger partial charge is 0.463 e. The second kappa shape index (κ2) is 11.4. The van der Waals surface area contributed by atoms with Crippen molar-refractivity contribution >= 4 is 40.8 Å². The van der Waals surface area contributed by atoms with Crippen molar-refractivity contribution < 1.29 is 23.4 Å². The summed E-state index contributed by atoms with van der Waals surface area (Å²) < 4.78 is 24.6. The predicted molar refractivity (Wildman–Crippen MR) is 158 cm³/mol. The molecule has 7 rings (SSSR count). The number of hydrogen-bond acceptors (Lipinski definition) is 11. The second-order valence-corrected chi connectivity index (χ2v) is 11.3. The van der Waals surface area contributed by atoms with E-state index in [2.05, 4.69) is 9.97 Å². The van der Waals surface area contributed by atoms with Crippen LogP contribution in [0.4, 0.5) is 0 Å². The molecule has 0 amide bonds. The number of ether oxygens (including phenoxy) is 3. The predicted octanol–water partition coefficient (Wildman–Crippen LogP) is 4.20. The number of benzene rings is 2. The summed E-state index contributed by atoms with van der Waals surface area (Å²) in [5.74, 6) is 1.05. The fourth-order valence-corrected chi connectivity index (χ4v) is 6.53. The minimum absolute atomic E-state index is 0.0944. The van der Waals surface area contributed by atoms with E-state index in [0.717, 1.165) is 5.56 Å². The Hall–Kier alpha value is -4.94. The molecule has 0 bridgehead atoms. The van der Waals surface area contributed by atoms with E-state index in [-0.39, 0.29) is 24.5 Å². The summed E-state index contributed by atoms with van der Waals surface area (Å²) in [4.78, 5) is 41.4. The van der Waals surface area contributed by atoms with Gasteiger partial charge in [-0.3, -0.25) is 9.36 Å². The van der Waals surface area contributed by atoms with Crippen LogP contribution in [0.2, 0.25) is 0 Å². The van der Waals surface area contributed by atoms with Crippen LogP contribution in [0.5, 0.6) is 11.5 Å². The molecule has 0 spiro atoms. The zero-order valence-electron chi connectivity index (χ0n) is 22.6. The molecule has 5 heterocycles. The van der Waals surface area contributed by atoms with Crippen LogP contribution in [0.3, 0.4) is 0 Å².